The van der Waals surface area contributed by atoms with E-state index in [-0.39, 0.29) is 23.0 Å². The van der Waals surface area contributed by atoms with Gasteiger partial charge in [-0.05, 0) is 25.1 Å². The second-order valence-electron chi connectivity index (χ2n) is 5.02. The molecular weight excluding hydrogens is 341 g/mol. The van der Waals surface area contributed by atoms with Gasteiger partial charge in [0.15, 0.2) is 0 Å². The SMILES string of the molecule is CC1=C(C(=O)Nc2ccc(Cl)c(Cl)c2)C2=NN=C(N)C2C(=O)N1. The first-order valence-electron chi connectivity index (χ1n) is 6.58. The Kier molecular flexibility index (Phi) is 3.83. The van der Waals surface area contributed by atoms with Crippen LogP contribution in [0.5, 0.6) is 0 Å². The van der Waals surface area contributed by atoms with Gasteiger partial charge in [-0.3, -0.25) is 9.59 Å². The predicted molar refractivity (Wildman–Crippen MR) is 88.5 cm³/mol. The minimum atomic E-state index is -0.840. The number of amidine groups is 1. The summed E-state index contributed by atoms with van der Waals surface area (Å²) < 4.78 is 0. The minimum absolute atomic E-state index is 0.0600. The fourth-order valence-electron chi connectivity index (χ4n) is 2.39. The van der Waals surface area contributed by atoms with E-state index < -0.39 is 11.8 Å². The summed E-state index contributed by atoms with van der Waals surface area (Å²) in [5.41, 5.74) is 6.97. The van der Waals surface area contributed by atoms with Gasteiger partial charge in [-0.2, -0.15) is 5.10 Å². The Bertz CT molecular complexity index is 828. The number of amides is 2. The molecule has 0 spiro atoms. The first-order valence-corrected chi connectivity index (χ1v) is 7.33. The van der Waals surface area contributed by atoms with Crippen molar-refractivity contribution in [2.24, 2.45) is 21.9 Å². The molecule has 1 aromatic carbocycles. The van der Waals surface area contributed by atoms with Gasteiger partial charge in [-0.15, -0.1) is 5.10 Å². The van der Waals surface area contributed by atoms with Crippen molar-refractivity contribution in [2.45, 2.75) is 6.92 Å². The highest BCUT2D eigenvalue weighted by atomic mass is 35.5. The standard InChI is InChI=1S/C14H11Cl2N5O2/c1-5-9(11-10(14(23)18-5)12(17)21-20-11)13(22)19-6-2-3-7(15)8(16)4-6/h2-4,10H,1H3,(H2,17,21)(H,18,23)(H,19,22). The van der Waals surface area contributed by atoms with Crippen LogP contribution in [0.1, 0.15) is 6.92 Å². The molecule has 1 aromatic rings. The average Bonchev–Trinajstić information content (AvgIpc) is 2.85. The Hall–Kier alpha value is -2.38. The van der Waals surface area contributed by atoms with E-state index >= 15 is 0 Å². The number of fused-ring (bicyclic) bond motifs is 1. The van der Waals surface area contributed by atoms with E-state index in [9.17, 15) is 9.59 Å². The number of hydrogen-bond acceptors (Lipinski definition) is 5. The van der Waals surface area contributed by atoms with E-state index in [2.05, 4.69) is 20.8 Å². The molecule has 2 amide bonds. The van der Waals surface area contributed by atoms with Crippen LogP contribution in [0.15, 0.2) is 39.7 Å². The lowest BCUT2D eigenvalue weighted by atomic mass is 9.90. The molecule has 2 aliphatic rings. The van der Waals surface area contributed by atoms with Gasteiger partial charge in [0, 0.05) is 11.4 Å². The van der Waals surface area contributed by atoms with Crippen molar-refractivity contribution in [1.82, 2.24) is 5.32 Å². The van der Waals surface area contributed by atoms with Gasteiger partial charge in [-0.25, -0.2) is 0 Å². The molecule has 0 radical (unpaired) electrons. The lowest BCUT2D eigenvalue weighted by Gasteiger charge is -2.23. The van der Waals surface area contributed by atoms with Gasteiger partial charge in [0.25, 0.3) is 5.91 Å². The quantitative estimate of drug-likeness (QED) is 0.753. The van der Waals surface area contributed by atoms with Crippen LogP contribution >= 0.6 is 23.2 Å². The molecule has 0 aliphatic carbocycles. The zero-order valence-corrected chi connectivity index (χ0v) is 13.4. The topological polar surface area (TPSA) is 109 Å². The van der Waals surface area contributed by atoms with Crippen molar-refractivity contribution in [1.29, 1.82) is 0 Å². The third kappa shape index (κ3) is 2.69. The number of nitrogens with two attached hydrogens (primary N) is 1. The molecule has 0 saturated heterocycles. The zero-order valence-electron chi connectivity index (χ0n) is 11.9. The third-order valence-electron chi connectivity index (χ3n) is 3.45. The molecule has 9 heteroatoms. The molecule has 0 fully saturated rings. The minimum Gasteiger partial charge on any atom is -0.385 e. The molecular formula is C14H11Cl2N5O2. The van der Waals surface area contributed by atoms with Gasteiger partial charge in [0.1, 0.15) is 11.8 Å². The van der Waals surface area contributed by atoms with Crippen molar-refractivity contribution >= 4 is 52.3 Å². The smallest absolute Gasteiger partial charge is 0.259 e. The van der Waals surface area contributed by atoms with Crippen LogP contribution in [-0.2, 0) is 9.59 Å². The largest absolute Gasteiger partial charge is 0.385 e. The number of nitrogens with one attached hydrogen (secondary N) is 2. The van der Waals surface area contributed by atoms with Gasteiger partial charge < -0.3 is 16.4 Å². The molecule has 0 bridgehead atoms. The normalized spacial score (nSPS) is 19.8. The fourth-order valence-corrected chi connectivity index (χ4v) is 2.68. The second-order valence-corrected chi connectivity index (χ2v) is 5.83. The van der Waals surface area contributed by atoms with Crippen LogP contribution in [-0.4, -0.2) is 23.4 Å². The number of halogens is 2. The van der Waals surface area contributed by atoms with Crippen molar-refractivity contribution in [3.63, 3.8) is 0 Å². The number of carbonyl (C=O) groups is 2. The third-order valence-corrected chi connectivity index (χ3v) is 4.19. The van der Waals surface area contributed by atoms with Crippen LogP contribution in [0.25, 0.3) is 0 Å². The van der Waals surface area contributed by atoms with E-state index in [4.69, 9.17) is 28.9 Å². The van der Waals surface area contributed by atoms with E-state index in [1.807, 2.05) is 0 Å². The number of anilines is 1. The van der Waals surface area contributed by atoms with Crippen LogP contribution in [0, 0.1) is 5.92 Å². The maximum absolute atomic E-state index is 12.6. The molecule has 2 aliphatic heterocycles. The molecule has 118 valence electrons. The second kappa shape index (κ2) is 5.68. The summed E-state index contributed by atoms with van der Waals surface area (Å²) in [6.07, 6.45) is 0. The molecule has 2 heterocycles. The average molecular weight is 352 g/mol. The van der Waals surface area contributed by atoms with E-state index in [1.54, 1.807) is 19.1 Å². The van der Waals surface area contributed by atoms with E-state index in [0.717, 1.165) is 0 Å². The highest BCUT2D eigenvalue weighted by Gasteiger charge is 2.41. The number of benzene rings is 1. The molecule has 1 atom stereocenters. The van der Waals surface area contributed by atoms with Crippen molar-refractivity contribution in [3.05, 3.63) is 39.5 Å². The summed E-state index contributed by atoms with van der Waals surface area (Å²) in [7, 11) is 0. The molecule has 23 heavy (non-hydrogen) atoms. The zero-order chi connectivity index (χ0) is 16.7. The van der Waals surface area contributed by atoms with Gasteiger partial charge in [0.05, 0.1) is 21.3 Å². The molecule has 7 nitrogen and oxygen atoms in total. The van der Waals surface area contributed by atoms with E-state index in [1.165, 1.54) is 6.07 Å². The molecule has 0 saturated carbocycles. The highest BCUT2D eigenvalue weighted by Crippen LogP contribution is 2.27. The lowest BCUT2D eigenvalue weighted by Crippen LogP contribution is -2.47. The maximum Gasteiger partial charge on any atom is 0.259 e. The Labute approximate surface area is 141 Å². The van der Waals surface area contributed by atoms with E-state index in [0.29, 0.717) is 21.4 Å². The number of allylic oxidation sites excluding steroid dienone is 1. The summed E-state index contributed by atoms with van der Waals surface area (Å²) in [4.78, 5) is 24.5. The number of nitrogens with zero attached hydrogens (tertiary/aromatic N) is 2. The van der Waals surface area contributed by atoms with Crippen molar-refractivity contribution < 1.29 is 9.59 Å². The Morgan fingerprint density at radius 3 is 2.74 bits per heavy atom. The predicted octanol–water partition coefficient (Wildman–Crippen LogP) is 1.68. The monoisotopic (exact) mass is 351 g/mol. The van der Waals surface area contributed by atoms with Gasteiger partial charge in [-0.1, -0.05) is 23.2 Å². The van der Waals surface area contributed by atoms with Gasteiger partial charge in [0.2, 0.25) is 5.91 Å². The number of rotatable bonds is 2. The summed E-state index contributed by atoms with van der Waals surface area (Å²) in [5.74, 6) is -1.58. The Morgan fingerprint density at radius 2 is 2.04 bits per heavy atom. The van der Waals surface area contributed by atoms with Crippen LogP contribution in [0.2, 0.25) is 10.0 Å². The van der Waals surface area contributed by atoms with Crippen molar-refractivity contribution in [3.8, 4) is 0 Å². The number of carbonyl (C=O) groups excluding carboxylic acids is 2. The van der Waals surface area contributed by atoms with Crippen molar-refractivity contribution in [2.75, 3.05) is 5.32 Å². The van der Waals surface area contributed by atoms with Crippen LogP contribution < -0.4 is 16.4 Å². The molecule has 0 aromatic heterocycles. The maximum atomic E-state index is 12.6. The lowest BCUT2D eigenvalue weighted by molar-refractivity contribution is -0.120. The summed E-state index contributed by atoms with van der Waals surface area (Å²) in [5, 5.41) is 13.6. The molecule has 1 unspecified atom stereocenters. The molecule has 4 N–H and O–H groups in total. The summed E-state index contributed by atoms with van der Waals surface area (Å²) in [6.45, 7) is 1.61. The molecule has 3 rings (SSSR count). The highest BCUT2D eigenvalue weighted by molar-refractivity contribution is 6.42. The van der Waals surface area contributed by atoms with Crippen LogP contribution in [0.4, 0.5) is 5.69 Å². The summed E-state index contributed by atoms with van der Waals surface area (Å²) >= 11 is 11.8. The summed E-state index contributed by atoms with van der Waals surface area (Å²) in [6, 6.07) is 4.71. The van der Waals surface area contributed by atoms with Gasteiger partial charge >= 0.3 is 0 Å². The Balaban J connectivity index is 1.91. The fraction of sp³-hybridized carbons (Fsp3) is 0.143. The first kappa shape index (κ1) is 15.5. The van der Waals surface area contributed by atoms with Crippen LogP contribution in [0.3, 0.4) is 0 Å². The first-order chi connectivity index (χ1) is 10.9. The number of hydrogen-bond donors (Lipinski definition) is 3. The Morgan fingerprint density at radius 1 is 1.30 bits per heavy atom.